The normalized spacial score (nSPS) is 23.6. The highest BCUT2D eigenvalue weighted by Crippen LogP contribution is 2.62. The van der Waals surface area contributed by atoms with Gasteiger partial charge in [-0.15, -0.1) is 0 Å². The molecule has 4 bridgehead atoms. The average Bonchev–Trinajstić information content (AvgIpc) is 1.57. The number of alkyl carbamates (subject to hydrolysis) is 2. The number of fused-ring (bicyclic) bond motifs is 12. The predicted octanol–water partition coefficient (Wildman–Crippen LogP) is 21.3. The largest absolute Gasteiger partial charge is 0.494 e. The SMILES string of the molecule is CC1(C)OB(c2ccc3c(c2)CC(C2C4CCC(C4)N2C(=O)OCc2ccccc2)=N3)OC1(C)C.COC(=O)NC(C(=O)N1CC2(CC2)CC1c1ncc(-c2ccc3c(c2)C(F)(F)c2cc(-c4ccc5c(c4)CC(C4C6CCC(C6)N4C(=O)OCc4ccccc4)=N5)ccc2-3)[nH]1)C(C)C.COC(=O)NC(C(=O)N1CC2(CC2)CC1c1ncc(-c2ccc3c(c2)C(F)(F)c2cc(Br)ccc2-3)[nH]1)C(C)C. The number of aliphatic imine (C=N–C) groups is 2. The molecular formula is C108H112BBrF4N12O12. The van der Waals surface area contributed by atoms with Crippen LogP contribution in [0.2, 0.25) is 0 Å². The van der Waals surface area contributed by atoms with Crippen molar-refractivity contribution in [1.82, 2.24) is 50.2 Å². The van der Waals surface area contributed by atoms with E-state index in [1.165, 1.54) is 31.9 Å². The van der Waals surface area contributed by atoms with Crippen LogP contribution in [0.15, 0.2) is 197 Å². The number of halogens is 5. The molecule has 9 fully saturated rings. The first-order valence-electron chi connectivity index (χ1n) is 48.3. The van der Waals surface area contributed by atoms with Gasteiger partial charge in [0.05, 0.1) is 84.7 Å². The number of alkyl halides is 4. The fourth-order valence-corrected chi connectivity index (χ4v) is 23.6. The minimum Gasteiger partial charge on any atom is -0.453 e. The Kier molecular flexibility index (Phi) is 23.5. The molecule has 2 aromatic heterocycles. The van der Waals surface area contributed by atoms with Gasteiger partial charge in [-0.1, -0.05) is 165 Å². The number of likely N-dealkylation sites (tertiary alicyclic amines) is 4. The van der Waals surface area contributed by atoms with Crippen LogP contribution in [0.3, 0.4) is 0 Å². The van der Waals surface area contributed by atoms with Crippen LogP contribution in [0.1, 0.15) is 201 Å². The van der Waals surface area contributed by atoms with E-state index in [4.69, 9.17) is 43.2 Å². The van der Waals surface area contributed by atoms with Crippen LogP contribution in [0.4, 0.5) is 48.1 Å². The molecule has 0 radical (unpaired) electrons. The van der Waals surface area contributed by atoms with Crippen LogP contribution < -0.4 is 16.1 Å². The van der Waals surface area contributed by atoms with Crippen molar-refractivity contribution in [3.63, 3.8) is 0 Å². The van der Waals surface area contributed by atoms with Gasteiger partial charge < -0.3 is 58.7 Å². The Morgan fingerprint density at radius 1 is 0.500 bits per heavy atom. The zero-order chi connectivity index (χ0) is 96.1. The number of piperidine rings is 2. The molecule has 714 valence electrons. The van der Waals surface area contributed by atoms with E-state index in [2.05, 4.69) is 93.5 Å². The van der Waals surface area contributed by atoms with E-state index >= 15 is 17.6 Å². The number of H-pyrrole nitrogens is 2. The van der Waals surface area contributed by atoms with Gasteiger partial charge in [0.2, 0.25) is 11.8 Å². The number of hydrogen-bond donors (Lipinski definition) is 4. The summed E-state index contributed by atoms with van der Waals surface area (Å²) in [6.45, 7) is 17.5. The summed E-state index contributed by atoms with van der Waals surface area (Å²) in [6.07, 6.45) is 14.6. The maximum Gasteiger partial charge on any atom is 0.494 e. The number of benzene rings is 8. The number of nitrogens with zero attached hydrogens (tertiary/aromatic N) is 8. The summed E-state index contributed by atoms with van der Waals surface area (Å²) < 4.78 is 98.4. The van der Waals surface area contributed by atoms with E-state index in [0.717, 1.165) is 134 Å². The fraction of sp³-hybridized carbons (Fsp3) is 0.426. The Hall–Kier alpha value is -12.3. The number of aromatic nitrogens is 4. The molecule has 23 rings (SSSR count). The summed E-state index contributed by atoms with van der Waals surface area (Å²) >= 11 is 3.31. The number of methoxy groups -OCH3 is 2. The van der Waals surface area contributed by atoms with E-state index in [9.17, 15) is 28.8 Å². The van der Waals surface area contributed by atoms with Crippen LogP contribution in [-0.4, -0.2) is 169 Å². The summed E-state index contributed by atoms with van der Waals surface area (Å²) in [6, 6.07) is 50.4. The highest BCUT2D eigenvalue weighted by Gasteiger charge is 2.60. The zero-order valence-electron chi connectivity index (χ0n) is 78.9. The van der Waals surface area contributed by atoms with Gasteiger partial charge in [-0.25, -0.2) is 29.1 Å². The molecule has 2 spiro atoms. The Morgan fingerprint density at radius 3 is 1.33 bits per heavy atom. The first kappa shape index (κ1) is 92.1. The van der Waals surface area contributed by atoms with E-state index in [-0.39, 0.29) is 130 Å². The number of rotatable bonds is 18. The number of amides is 6. The highest BCUT2D eigenvalue weighted by atomic mass is 79.9. The number of imidazole rings is 2. The van der Waals surface area contributed by atoms with Crippen LogP contribution in [0.25, 0.3) is 55.9 Å². The third kappa shape index (κ3) is 16.8. The molecule has 9 heterocycles. The molecule has 10 unspecified atom stereocenters. The van der Waals surface area contributed by atoms with E-state index in [0.29, 0.717) is 104 Å². The van der Waals surface area contributed by atoms with Crippen LogP contribution in [-0.2, 0) is 75.7 Å². The molecule has 30 heteroatoms. The first-order valence-corrected chi connectivity index (χ1v) is 49.1. The molecular weight excluding hydrogens is 1820 g/mol. The summed E-state index contributed by atoms with van der Waals surface area (Å²) in [5.74, 6) is -5.05. The van der Waals surface area contributed by atoms with Gasteiger partial charge in [0, 0.05) is 87.3 Å². The van der Waals surface area contributed by atoms with Crippen molar-refractivity contribution in [2.45, 2.75) is 230 Å². The van der Waals surface area contributed by atoms with Gasteiger partial charge in [0.25, 0.3) is 11.8 Å². The molecule has 6 amide bonds. The summed E-state index contributed by atoms with van der Waals surface area (Å²) in [5, 5.41) is 5.39. The Bertz CT molecular complexity index is 6580. The molecule has 6 aliphatic carbocycles. The Labute approximate surface area is 807 Å². The smallest absolute Gasteiger partial charge is 0.453 e. The number of aromatic amines is 2. The fourth-order valence-electron chi connectivity index (χ4n) is 23.2. The molecule has 138 heavy (non-hydrogen) atoms. The summed E-state index contributed by atoms with van der Waals surface area (Å²) in [7, 11) is 2.15. The van der Waals surface area contributed by atoms with Crippen molar-refractivity contribution in [1.29, 1.82) is 0 Å². The standard InChI is InChI=1S/C51H50F2N6O5.C29H29BrF2N4O3.C28H33BN2O4/c1-28(2)44(57-48(61)63-3)47(60)58-27-50(17-18-50)24-43(58)46-54-25-42(56-46)32-11-15-37-36-14-10-31(21-38(36)51(52,53)39(37)22-32)30-12-16-40-34(19-30)23-41(55-40)45-33-9-13-35(20-33)59(45)49(62)64-26-29-7-5-4-6-8-29;1-15(2)24(35-27(38)39-3)26(37)36-14-28(8-9-28)12-23(36)25-33-13-22(34-25)16-4-6-18-19-7-5-17(30)11-21(19)29(31,32)20(18)10-16;1-27(2)28(3,4)35-29(34-27)21-11-13-23-20(14-21)16-24(30-23)25-19-10-12-22(15-19)31(25)26(32)33-17-18-8-6-5-7-9-18/h4-8,10-12,14-16,19,21-22,25,28,33,35,43-45H,9,13,17-18,20,23-24,26-27H2,1-3H3,(H,54,56)(H,57,61);4-7,10-11,13,15,23-24H,8-9,12,14H2,1-3H3,(H,33,34)(H,35,38);5-9,11,13-14,19,22,25H,10,12,15-17H2,1-4H3. The lowest BCUT2D eigenvalue weighted by molar-refractivity contribution is -0.136. The topological polar surface area (TPSA) is 277 Å². The number of carbonyl (C=O) groups excluding carboxylic acids is 6. The second-order valence-electron chi connectivity index (χ2n) is 41.7. The molecule has 24 nitrogen and oxygen atoms in total. The van der Waals surface area contributed by atoms with Crippen molar-refractivity contribution in [3.8, 4) is 55.9 Å². The van der Waals surface area contributed by atoms with Crippen LogP contribution in [0, 0.1) is 34.5 Å². The molecule has 4 saturated carbocycles. The number of ether oxygens (including phenoxy) is 4. The van der Waals surface area contributed by atoms with E-state index < -0.39 is 36.1 Å². The lowest BCUT2D eigenvalue weighted by atomic mass is 9.78. The highest BCUT2D eigenvalue weighted by molar-refractivity contribution is 9.10. The van der Waals surface area contributed by atoms with Gasteiger partial charge in [0.1, 0.15) is 36.9 Å². The van der Waals surface area contributed by atoms with Gasteiger partial charge in [-0.2, -0.15) is 17.6 Å². The molecule has 13 aliphatic rings. The molecule has 7 aliphatic heterocycles. The monoisotopic (exact) mass is 1930 g/mol. The number of nitrogens with one attached hydrogen (secondary N) is 4. The minimum atomic E-state index is -3.25. The second-order valence-corrected chi connectivity index (χ2v) is 42.6. The van der Waals surface area contributed by atoms with Crippen molar-refractivity contribution < 1.29 is 74.6 Å². The van der Waals surface area contributed by atoms with E-state index in [1.807, 2.05) is 138 Å². The van der Waals surface area contributed by atoms with E-state index in [1.54, 1.807) is 54.9 Å². The quantitative estimate of drug-likeness (QED) is 0.0353. The van der Waals surface area contributed by atoms with Crippen molar-refractivity contribution in [3.05, 3.63) is 243 Å². The lowest BCUT2D eigenvalue weighted by Crippen LogP contribution is -2.51. The van der Waals surface area contributed by atoms with Gasteiger partial charge in [0.15, 0.2) is 0 Å². The second kappa shape index (κ2) is 35.3. The first-order chi connectivity index (χ1) is 66.1. The maximum atomic E-state index is 16.7. The number of hydrogen-bond acceptors (Lipinski definition) is 16. The summed E-state index contributed by atoms with van der Waals surface area (Å²) in [4.78, 5) is 112. The van der Waals surface area contributed by atoms with Gasteiger partial charge >= 0.3 is 31.5 Å². The third-order valence-electron chi connectivity index (χ3n) is 31.7. The molecule has 10 atom stereocenters. The maximum absolute atomic E-state index is 16.7. The molecule has 8 aromatic carbocycles. The molecule has 5 saturated heterocycles. The summed E-state index contributed by atoms with van der Waals surface area (Å²) in [5.41, 5.74) is 14.1. The average molecular weight is 1940 g/mol. The number of carbonyl (C=O) groups is 6. The Balaban J connectivity index is 0.000000132. The van der Waals surface area contributed by atoms with Crippen molar-refractivity contribution in [2.75, 3.05) is 27.3 Å². The van der Waals surface area contributed by atoms with Gasteiger partial charge in [-0.3, -0.25) is 29.4 Å². The van der Waals surface area contributed by atoms with Crippen LogP contribution in [0.5, 0.6) is 0 Å². The van der Waals surface area contributed by atoms with Crippen molar-refractivity contribution in [2.24, 2.45) is 44.5 Å². The minimum absolute atomic E-state index is 0.00978. The third-order valence-corrected chi connectivity index (χ3v) is 32.2. The molecule has 10 aromatic rings. The predicted molar refractivity (Wildman–Crippen MR) is 518 cm³/mol. The lowest BCUT2D eigenvalue weighted by Gasteiger charge is -2.34. The zero-order valence-corrected chi connectivity index (χ0v) is 80.5. The Morgan fingerprint density at radius 2 is 0.899 bits per heavy atom. The van der Waals surface area contributed by atoms with Crippen molar-refractivity contribution >= 4 is 87.5 Å². The molecule has 4 N–H and O–H groups in total. The van der Waals surface area contributed by atoms with Crippen LogP contribution >= 0.6 is 15.9 Å². The van der Waals surface area contributed by atoms with Gasteiger partial charge in [-0.05, 0) is 249 Å².